The lowest BCUT2D eigenvalue weighted by Crippen LogP contribution is -2.68. The minimum Gasteiger partial charge on any atom is -0.465 e. The van der Waals surface area contributed by atoms with E-state index in [9.17, 15) is 24.9 Å². The first-order valence-electron chi connectivity index (χ1n) is 7.74. The van der Waals surface area contributed by atoms with Gasteiger partial charge in [0.1, 0.15) is 12.2 Å². The van der Waals surface area contributed by atoms with Crippen LogP contribution in [-0.2, 0) is 23.8 Å². The number of aliphatic hydroxyl groups excluding tert-OH is 3. The van der Waals surface area contributed by atoms with E-state index in [-0.39, 0.29) is 19.6 Å². The SMILES string of the molecule is C=CCOC1(C(=O)OC)CC(O)C(NC(C)=O)C([C@H](O)[C@H](O)CN)O1. The van der Waals surface area contributed by atoms with E-state index in [0.717, 1.165) is 7.11 Å². The van der Waals surface area contributed by atoms with Crippen LogP contribution in [0.25, 0.3) is 0 Å². The van der Waals surface area contributed by atoms with Crippen molar-refractivity contribution in [3.63, 3.8) is 0 Å². The van der Waals surface area contributed by atoms with Gasteiger partial charge in [0.15, 0.2) is 0 Å². The Kier molecular flexibility index (Phi) is 7.93. The number of hydrogen-bond donors (Lipinski definition) is 5. The fourth-order valence-corrected chi connectivity index (χ4v) is 2.65. The third-order valence-corrected chi connectivity index (χ3v) is 3.85. The molecule has 10 nitrogen and oxygen atoms in total. The lowest BCUT2D eigenvalue weighted by molar-refractivity contribution is -0.308. The van der Waals surface area contributed by atoms with E-state index in [1.165, 1.54) is 13.0 Å². The molecule has 0 aliphatic carbocycles. The fourth-order valence-electron chi connectivity index (χ4n) is 2.65. The minimum absolute atomic E-state index is 0.102. The molecule has 0 bridgehead atoms. The number of carbonyl (C=O) groups excluding carboxylic acids is 2. The highest BCUT2D eigenvalue weighted by Gasteiger charge is 2.56. The zero-order valence-electron chi connectivity index (χ0n) is 14.3. The van der Waals surface area contributed by atoms with Crippen LogP contribution in [0.3, 0.4) is 0 Å². The highest BCUT2D eigenvalue weighted by atomic mass is 16.7. The quantitative estimate of drug-likeness (QED) is 0.230. The van der Waals surface area contributed by atoms with Gasteiger partial charge in [-0.1, -0.05) is 6.08 Å². The number of nitrogens with one attached hydrogen (secondary N) is 1. The summed E-state index contributed by atoms with van der Waals surface area (Å²) in [4.78, 5) is 23.6. The van der Waals surface area contributed by atoms with Gasteiger partial charge >= 0.3 is 5.97 Å². The predicted octanol–water partition coefficient (Wildman–Crippen LogP) is -2.61. The van der Waals surface area contributed by atoms with Crippen LogP contribution in [0.1, 0.15) is 13.3 Å². The van der Waals surface area contributed by atoms with Crippen molar-refractivity contribution in [2.45, 2.75) is 49.6 Å². The molecule has 1 aliphatic rings. The Balaban J connectivity index is 3.23. The molecule has 4 unspecified atom stereocenters. The third-order valence-electron chi connectivity index (χ3n) is 3.85. The van der Waals surface area contributed by atoms with E-state index < -0.39 is 48.1 Å². The zero-order valence-corrected chi connectivity index (χ0v) is 14.3. The molecule has 144 valence electrons. The van der Waals surface area contributed by atoms with Gasteiger partial charge in [0, 0.05) is 19.9 Å². The molecule has 1 saturated heterocycles. The van der Waals surface area contributed by atoms with Gasteiger partial charge in [-0.25, -0.2) is 4.79 Å². The highest BCUT2D eigenvalue weighted by molar-refractivity contribution is 5.78. The number of hydrogen-bond acceptors (Lipinski definition) is 9. The molecule has 25 heavy (non-hydrogen) atoms. The maximum Gasteiger partial charge on any atom is 0.366 e. The number of carbonyl (C=O) groups is 2. The third kappa shape index (κ3) is 4.97. The van der Waals surface area contributed by atoms with Crippen molar-refractivity contribution >= 4 is 11.9 Å². The normalized spacial score (nSPS) is 31.7. The van der Waals surface area contributed by atoms with Crippen molar-refractivity contribution < 1.29 is 39.1 Å². The Morgan fingerprint density at radius 3 is 2.64 bits per heavy atom. The van der Waals surface area contributed by atoms with Crippen molar-refractivity contribution in [2.75, 3.05) is 20.3 Å². The maximum absolute atomic E-state index is 12.2. The molecule has 6 N–H and O–H groups in total. The summed E-state index contributed by atoms with van der Waals surface area (Å²) in [5.41, 5.74) is 5.34. The summed E-state index contributed by atoms with van der Waals surface area (Å²) < 4.78 is 15.7. The van der Waals surface area contributed by atoms with E-state index in [1.54, 1.807) is 0 Å². The second-order valence-corrected chi connectivity index (χ2v) is 5.72. The van der Waals surface area contributed by atoms with Crippen LogP contribution in [0, 0.1) is 0 Å². The highest BCUT2D eigenvalue weighted by Crippen LogP contribution is 2.34. The zero-order chi connectivity index (χ0) is 19.2. The van der Waals surface area contributed by atoms with Crippen molar-refractivity contribution in [1.82, 2.24) is 5.32 Å². The number of amides is 1. The molecule has 0 aromatic heterocycles. The summed E-state index contributed by atoms with van der Waals surface area (Å²) in [5.74, 6) is -3.46. The van der Waals surface area contributed by atoms with Gasteiger partial charge in [0.25, 0.3) is 5.79 Å². The predicted molar refractivity (Wildman–Crippen MR) is 85.1 cm³/mol. The first-order valence-corrected chi connectivity index (χ1v) is 7.74. The summed E-state index contributed by atoms with van der Waals surface area (Å²) in [6.07, 6.45) is -4.73. The molecule has 10 heteroatoms. The summed E-state index contributed by atoms with van der Waals surface area (Å²) in [5, 5.41) is 33.0. The van der Waals surface area contributed by atoms with Crippen molar-refractivity contribution in [3.05, 3.63) is 12.7 Å². The number of rotatable bonds is 8. The first-order chi connectivity index (χ1) is 11.7. The Morgan fingerprint density at radius 2 is 2.16 bits per heavy atom. The Bertz CT molecular complexity index is 488. The van der Waals surface area contributed by atoms with Crippen LogP contribution in [0.2, 0.25) is 0 Å². The van der Waals surface area contributed by atoms with Crippen molar-refractivity contribution in [3.8, 4) is 0 Å². The Labute approximate surface area is 145 Å². The molecule has 1 rings (SSSR count). The topological polar surface area (TPSA) is 161 Å². The lowest BCUT2D eigenvalue weighted by atomic mass is 9.88. The molecule has 0 aromatic rings. The van der Waals surface area contributed by atoms with Crippen LogP contribution in [-0.4, -0.2) is 83.7 Å². The number of aliphatic hydroxyl groups is 3. The smallest absolute Gasteiger partial charge is 0.366 e. The Morgan fingerprint density at radius 1 is 1.52 bits per heavy atom. The van der Waals surface area contributed by atoms with E-state index in [4.69, 9.17) is 15.2 Å². The van der Waals surface area contributed by atoms with Gasteiger partial charge in [-0.3, -0.25) is 4.79 Å². The second kappa shape index (κ2) is 9.22. The maximum atomic E-state index is 12.2. The van der Waals surface area contributed by atoms with Crippen LogP contribution >= 0.6 is 0 Å². The van der Waals surface area contributed by atoms with Crippen LogP contribution in [0.4, 0.5) is 0 Å². The molecule has 0 spiro atoms. The van der Waals surface area contributed by atoms with Gasteiger partial charge in [-0.05, 0) is 0 Å². The molecule has 6 atom stereocenters. The molecule has 1 heterocycles. The van der Waals surface area contributed by atoms with E-state index in [2.05, 4.69) is 16.6 Å². The molecule has 0 radical (unpaired) electrons. The number of ether oxygens (including phenoxy) is 3. The van der Waals surface area contributed by atoms with Crippen LogP contribution in [0.15, 0.2) is 12.7 Å². The number of esters is 1. The summed E-state index contributed by atoms with van der Waals surface area (Å²) in [7, 11) is 1.11. The average Bonchev–Trinajstić information content (AvgIpc) is 2.59. The Hall–Kier alpha value is -1.56. The van der Waals surface area contributed by atoms with E-state index in [1.807, 2.05) is 0 Å². The van der Waals surface area contributed by atoms with Gasteiger partial charge in [-0.15, -0.1) is 6.58 Å². The van der Waals surface area contributed by atoms with E-state index in [0.29, 0.717) is 0 Å². The largest absolute Gasteiger partial charge is 0.465 e. The van der Waals surface area contributed by atoms with Gasteiger partial charge in [0.2, 0.25) is 5.91 Å². The van der Waals surface area contributed by atoms with Crippen LogP contribution in [0.5, 0.6) is 0 Å². The standard InChI is InChI=1S/C15H26N2O8/c1-4-5-24-15(14(22)23-3)6-9(19)11(17-8(2)18)13(25-15)12(21)10(20)7-16/h4,9-13,19-21H,1,5-7,16H2,2-3H3,(H,17,18)/t9?,10-,11?,12-,13?,15?/m1/s1. The van der Waals surface area contributed by atoms with Gasteiger partial charge in [-0.2, -0.15) is 0 Å². The molecule has 1 amide bonds. The molecule has 0 saturated carbocycles. The fraction of sp³-hybridized carbons (Fsp3) is 0.733. The first kappa shape index (κ1) is 21.5. The molecule has 1 fully saturated rings. The molecule has 1 aliphatic heterocycles. The monoisotopic (exact) mass is 362 g/mol. The summed E-state index contributed by atoms with van der Waals surface area (Å²) >= 11 is 0. The van der Waals surface area contributed by atoms with Crippen LogP contribution < -0.4 is 11.1 Å². The van der Waals surface area contributed by atoms with Gasteiger partial charge < -0.3 is 40.6 Å². The van der Waals surface area contributed by atoms with Crippen molar-refractivity contribution in [2.24, 2.45) is 5.73 Å². The minimum atomic E-state index is -2.03. The molecular formula is C15H26N2O8. The molecular weight excluding hydrogens is 336 g/mol. The number of nitrogens with two attached hydrogens (primary N) is 1. The van der Waals surface area contributed by atoms with E-state index >= 15 is 0 Å². The lowest BCUT2D eigenvalue weighted by Gasteiger charge is -2.46. The molecule has 0 aromatic carbocycles. The second-order valence-electron chi connectivity index (χ2n) is 5.72. The number of methoxy groups -OCH3 is 1. The average molecular weight is 362 g/mol. The van der Waals surface area contributed by atoms with Crippen molar-refractivity contribution in [1.29, 1.82) is 0 Å². The van der Waals surface area contributed by atoms with Gasteiger partial charge in [0.05, 0.1) is 32.0 Å². The summed E-state index contributed by atoms with van der Waals surface area (Å²) in [6, 6.07) is -1.10. The summed E-state index contributed by atoms with van der Waals surface area (Å²) in [6.45, 7) is 4.28.